The number of carbonyl (C=O) groups is 2. The van der Waals surface area contributed by atoms with E-state index in [0.29, 0.717) is 0 Å². The number of nitrogens with one attached hydrogen (secondary N) is 1. The zero-order valence-corrected chi connectivity index (χ0v) is 14.1. The molecule has 0 radical (unpaired) electrons. The van der Waals surface area contributed by atoms with E-state index in [9.17, 15) is 22.8 Å². The molecule has 0 aliphatic rings. The van der Waals surface area contributed by atoms with Gasteiger partial charge in [0.25, 0.3) is 0 Å². The number of rotatable bonds is 5. The molecule has 9 heteroatoms. The number of nitrogens with two attached hydrogens (primary N) is 1. The van der Waals surface area contributed by atoms with E-state index in [1.54, 1.807) is 20.8 Å². The number of carboxylic acids is 1. The maximum absolute atomic E-state index is 12.8. The summed E-state index contributed by atoms with van der Waals surface area (Å²) >= 11 is 0. The van der Waals surface area contributed by atoms with E-state index in [2.05, 4.69) is 5.32 Å². The van der Waals surface area contributed by atoms with Crippen LogP contribution in [0.15, 0.2) is 18.2 Å². The minimum Gasteiger partial charge on any atom is -0.481 e. The standard InChI is InChI=1S/C16H21F3N2O4/c1-15(2,3)25-14(24)21-11(8-13(22)23)7-9-6-10(16(17,18)19)4-5-12(9)20/h4-6,11H,7-8,20H2,1-3H3,(H,21,24)(H,22,23). The van der Waals surface area contributed by atoms with E-state index in [1.807, 2.05) is 0 Å². The highest BCUT2D eigenvalue weighted by Gasteiger charge is 2.31. The first-order valence-electron chi connectivity index (χ1n) is 7.45. The number of benzene rings is 1. The SMILES string of the molecule is CC(C)(C)OC(=O)NC(CC(=O)O)Cc1cc(C(F)(F)F)ccc1N. The smallest absolute Gasteiger partial charge is 0.416 e. The molecule has 0 aromatic heterocycles. The van der Waals surface area contributed by atoms with Crippen molar-refractivity contribution in [1.29, 1.82) is 0 Å². The molecule has 1 unspecified atom stereocenters. The number of carboxylic acid groups (broad SMARTS) is 1. The summed E-state index contributed by atoms with van der Waals surface area (Å²) in [6.07, 6.45) is -6.08. The van der Waals surface area contributed by atoms with Crippen LogP contribution in [0.1, 0.15) is 38.3 Å². The molecule has 1 amide bonds. The Morgan fingerprint density at radius 1 is 1.28 bits per heavy atom. The third kappa shape index (κ3) is 7.32. The fraction of sp³-hybridized carbons (Fsp3) is 0.500. The normalized spacial score (nSPS) is 13.2. The highest BCUT2D eigenvalue weighted by molar-refractivity contribution is 5.72. The second-order valence-corrected chi connectivity index (χ2v) is 6.56. The number of halogens is 3. The number of alkyl carbamates (subject to hydrolysis) is 1. The van der Waals surface area contributed by atoms with E-state index in [-0.39, 0.29) is 17.7 Å². The van der Waals surface area contributed by atoms with Gasteiger partial charge in [-0.3, -0.25) is 4.79 Å². The van der Waals surface area contributed by atoms with E-state index < -0.39 is 41.9 Å². The lowest BCUT2D eigenvalue weighted by molar-refractivity contribution is -0.138. The van der Waals surface area contributed by atoms with E-state index in [1.165, 1.54) is 0 Å². The maximum atomic E-state index is 12.8. The highest BCUT2D eigenvalue weighted by atomic mass is 19.4. The number of amides is 1. The number of ether oxygens (including phenoxy) is 1. The molecule has 0 saturated carbocycles. The third-order valence-corrected chi connectivity index (χ3v) is 3.08. The van der Waals surface area contributed by atoms with Crippen LogP contribution in [0, 0.1) is 0 Å². The number of alkyl halides is 3. The zero-order valence-electron chi connectivity index (χ0n) is 14.1. The largest absolute Gasteiger partial charge is 0.481 e. The predicted molar refractivity (Wildman–Crippen MR) is 85.0 cm³/mol. The lowest BCUT2D eigenvalue weighted by Gasteiger charge is -2.23. The monoisotopic (exact) mass is 362 g/mol. The summed E-state index contributed by atoms with van der Waals surface area (Å²) in [7, 11) is 0. The second kappa shape index (κ2) is 7.62. The molecular weight excluding hydrogens is 341 g/mol. The molecule has 0 saturated heterocycles. The fourth-order valence-electron chi connectivity index (χ4n) is 2.08. The van der Waals surface area contributed by atoms with Gasteiger partial charge in [0.05, 0.1) is 12.0 Å². The Kier molecular flexibility index (Phi) is 6.28. The van der Waals surface area contributed by atoms with Crippen LogP contribution in [0.4, 0.5) is 23.7 Å². The number of hydrogen-bond acceptors (Lipinski definition) is 4. The Hall–Kier alpha value is -2.45. The summed E-state index contributed by atoms with van der Waals surface area (Å²) in [5.74, 6) is -1.22. The van der Waals surface area contributed by atoms with Crippen molar-refractivity contribution in [1.82, 2.24) is 5.32 Å². The Labute approximate surface area is 143 Å². The molecule has 0 spiro atoms. The highest BCUT2D eigenvalue weighted by Crippen LogP contribution is 2.31. The number of anilines is 1. The predicted octanol–water partition coefficient (Wildman–Crippen LogP) is 3.20. The van der Waals surface area contributed by atoms with Gasteiger partial charge in [0.15, 0.2) is 0 Å². The molecule has 25 heavy (non-hydrogen) atoms. The maximum Gasteiger partial charge on any atom is 0.416 e. The molecule has 0 heterocycles. The average molecular weight is 362 g/mol. The molecule has 6 nitrogen and oxygen atoms in total. The average Bonchev–Trinajstić information content (AvgIpc) is 2.36. The third-order valence-electron chi connectivity index (χ3n) is 3.08. The van der Waals surface area contributed by atoms with Gasteiger partial charge >= 0.3 is 18.2 Å². The van der Waals surface area contributed by atoms with Crippen LogP contribution in [0.3, 0.4) is 0 Å². The fourth-order valence-corrected chi connectivity index (χ4v) is 2.08. The molecule has 0 bridgehead atoms. The molecule has 1 rings (SSSR count). The number of carbonyl (C=O) groups excluding carboxylic acids is 1. The van der Waals surface area contributed by atoms with Gasteiger partial charge in [-0.25, -0.2) is 4.79 Å². The van der Waals surface area contributed by atoms with Crippen LogP contribution >= 0.6 is 0 Å². The van der Waals surface area contributed by atoms with Gasteiger partial charge in [-0.15, -0.1) is 0 Å². The molecule has 1 aromatic rings. The molecule has 0 aliphatic heterocycles. The summed E-state index contributed by atoms with van der Waals surface area (Å²) in [6, 6.07) is 1.81. The second-order valence-electron chi connectivity index (χ2n) is 6.56. The molecule has 4 N–H and O–H groups in total. The van der Waals surface area contributed by atoms with Crippen LogP contribution in [0.2, 0.25) is 0 Å². The van der Waals surface area contributed by atoms with Crippen LogP contribution < -0.4 is 11.1 Å². The first kappa shape index (κ1) is 20.6. The van der Waals surface area contributed by atoms with Crippen LogP contribution in [0.25, 0.3) is 0 Å². The van der Waals surface area contributed by atoms with Gasteiger partial charge in [-0.05, 0) is 51.0 Å². The molecule has 0 fully saturated rings. The van der Waals surface area contributed by atoms with Crippen molar-refractivity contribution in [3.63, 3.8) is 0 Å². The van der Waals surface area contributed by atoms with Gasteiger partial charge in [0, 0.05) is 11.7 Å². The molecule has 140 valence electrons. The van der Waals surface area contributed by atoms with E-state index >= 15 is 0 Å². The number of nitrogen functional groups attached to an aromatic ring is 1. The van der Waals surface area contributed by atoms with Crippen molar-refractivity contribution in [2.45, 2.75) is 51.4 Å². The van der Waals surface area contributed by atoms with Crippen molar-refractivity contribution in [3.8, 4) is 0 Å². The van der Waals surface area contributed by atoms with Gasteiger partial charge < -0.3 is 20.9 Å². The molecular formula is C16H21F3N2O4. The molecule has 1 aromatic carbocycles. The molecule has 0 aliphatic carbocycles. The first-order valence-corrected chi connectivity index (χ1v) is 7.45. The lowest BCUT2D eigenvalue weighted by Crippen LogP contribution is -2.41. The van der Waals surface area contributed by atoms with Crippen molar-refractivity contribution >= 4 is 17.7 Å². The summed E-state index contributed by atoms with van der Waals surface area (Å²) in [5.41, 5.74) is 4.16. The van der Waals surface area contributed by atoms with Gasteiger partial charge in [0.1, 0.15) is 5.60 Å². The van der Waals surface area contributed by atoms with Crippen molar-refractivity contribution in [2.75, 3.05) is 5.73 Å². The van der Waals surface area contributed by atoms with Gasteiger partial charge in [-0.2, -0.15) is 13.2 Å². The van der Waals surface area contributed by atoms with Gasteiger partial charge in [0.2, 0.25) is 0 Å². The van der Waals surface area contributed by atoms with E-state index in [4.69, 9.17) is 15.6 Å². The van der Waals surface area contributed by atoms with E-state index in [0.717, 1.165) is 18.2 Å². The summed E-state index contributed by atoms with van der Waals surface area (Å²) in [6.45, 7) is 4.89. The minimum absolute atomic E-state index is 0.0781. The Morgan fingerprint density at radius 2 is 1.88 bits per heavy atom. The van der Waals surface area contributed by atoms with Crippen molar-refractivity contribution in [2.24, 2.45) is 0 Å². The Morgan fingerprint density at radius 3 is 2.36 bits per heavy atom. The van der Waals surface area contributed by atoms with Crippen LogP contribution in [-0.4, -0.2) is 28.8 Å². The quantitative estimate of drug-likeness (QED) is 0.698. The first-order chi connectivity index (χ1) is 11.3. The molecule has 1 atom stereocenters. The summed E-state index contributed by atoms with van der Waals surface area (Å²) in [4.78, 5) is 22.8. The number of aliphatic carboxylic acids is 1. The Bertz CT molecular complexity index is 639. The van der Waals surface area contributed by atoms with Crippen molar-refractivity contribution in [3.05, 3.63) is 29.3 Å². The topological polar surface area (TPSA) is 102 Å². The summed E-state index contributed by atoms with van der Waals surface area (Å²) in [5, 5.41) is 11.3. The van der Waals surface area contributed by atoms with Crippen molar-refractivity contribution < 1.29 is 32.6 Å². The summed E-state index contributed by atoms with van der Waals surface area (Å²) < 4.78 is 43.5. The number of hydrogen-bond donors (Lipinski definition) is 3. The Balaban J connectivity index is 2.98. The minimum atomic E-state index is -4.55. The lowest BCUT2D eigenvalue weighted by atomic mass is 9.99. The van der Waals surface area contributed by atoms with Gasteiger partial charge in [-0.1, -0.05) is 0 Å². The van der Waals surface area contributed by atoms with Crippen LogP contribution in [-0.2, 0) is 22.1 Å². The van der Waals surface area contributed by atoms with Crippen LogP contribution in [0.5, 0.6) is 0 Å². The zero-order chi connectivity index (χ0) is 19.4.